The summed E-state index contributed by atoms with van der Waals surface area (Å²) in [6.45, 7) is 11.3. The van der Waals surface area contributed by atoms with E-state index in [1.54, 1.807) is 7.05 Å². The van der Waals surface area contributed by atoms with Gasteiger partial charge in [0.2, 0.25) is 0 Å². The van der Waals surface area contributed by atoms with Crippen molar-refractivity contribution in [3.63, 3.8) is 0 Å². The average Bonchev–Trinajstić information content (AvgIpc) is 2.64. The quantitative estimate of drug-likeness (QED) is 0.343. The molecule has 1 fully saturated rings. The second kappa shape index (κ2) is 13.2. The van der Waals surface area contributed by atoms with Crippen molar-refractivity contribution in [2.75, 3.05) is 53.0 Å². The van der Waals surface area contributed by atoms with Crippen LogP contribution < -0.4 is 15.4 Å². The van der Waals surface area contributed by atoms with Gasteiger partial charge in [-0.3, -0.25) is 9.89 Å². The van der Waals surface area contributed by atoms with E-state index in [1.807, 2.05) is 18.2 Å². The zero-order chi connectivity index (χ0) is 17.9. The van der Waals surface area contributed by atoms with Gasteiger partial charge in [-0.2, -0.15) is 0 Å². The molecule has 1 aromatic rings. The number of guanidine groups is 1. The molecule has 2 N–H and O–H groups in total. The summed E-state index contributed by atoms with van der Waals surface area (Å²) >= 11 is 0. The lowest BCUT2D eigenvalue weighted by atomic mass is 10.2. The monoisotopic (exact) mass is 476 g/mol. The number of nitrogens with zero attached hydrogens (tertiary/aromatic N) is 2. The molecule has 0 bridgehead atoms. The molecule has 6 nitrogen and oxygen atoms in total. The van der Waals surface area contributed by atoms with Crippen LogP contribution in [0.1, 0.15) is 19.4 Å². The van der Waals surface area contributed by atoms with Gasteiger partial charge in [0.25, 0.3) is 0 Å². The summed E-state index contributed by atoms with van der Waals surface area (Å²) in [5, 5.41) is 6.74. The summed E-state index contributed by atoms with van der Waals surface area (Å²) < 4.78 is 11.3. The third kappa shape index (κ3) is 8.55. The van der Waals surface area contributed by atoms with Gasteiger partial charge >= 0.3 is 0 Å². The van der Waals surface area contributed by atoms with Crippen molar-refractivity contribution in [2.24, 2.45) is 10.9 Å². The lowest BCUT2D eigenvalue weighted by molar-refractivity contribution is 0.0389. The van der Waals surface area contributed by atoms with E-state index in [0.717, 1.165) is 63.3 Å². The Morgan fingerprint density at radius 2 is 1.96 bits per heavy atom. The van der Waals surface area contributed by atoms with E-state index < -0.39 is 0 Å². The highest BCUT2D eigenvalue weighted by Gasteiger charge is 2.10. The van der Waals surface area contributed by atoms with Crippen molar-refractivity contribution in [3.8, 4) is 5.75 Å². The summed E-state index contributed by atoms with van der Waals surface area (Å²) in [6, 6.07) is 8.15. The Morgan fingerprint density at radius 1 is 1.23 bits per heavy atom. The SMILES string of the molecule is CN=C(NCCN1CCOCC1)NCc1ccccc1OCC(C)C.I. The third-order valence-electron chi connectivity index (χ3n) is 4.04. The molecule has 0 saturated carbocycles. The highest BCUT2D eigenvalue weighted by Crippen LogP contribution is 2.18. The van der Waals surface area contributed by atoms with Gasteiger partial charge in [0, 0.05) is 45.3 Å². The fourth-order valence-corrected chi connectivity index (χ4v) is 2.60. The third-order valence-corrected chi connectivity index (χ3v) is 4.04. The highest BCUT2D eigenvalue weighted by atomic mass is 127. The molecule has 0 radical (unpaired) electrons. The van der Waals surface area contributed by atoms with Crippen LogP contribution in [0.3, 0.4) is 0 Å². The molecule has 1 aliphatic heterocycles. The van der Waals surface area contributed by atoms with Crippen molar-refractivity contribution in [1.82, 2.24) is 15.5 Å². The maximum Gasteiger partial charge on any atom is 0.191 e. The molecule has 7 heteroatoms. The molecule has 1 aliphatic rings. The number of aliphatic imine (C=N–C) groups is 1. The van der Waals surface area contributed by atoms with Crippen LogP contribution >= 0.6 is 24.0 Å². The second-order valence-electron chi connectivity index (χ2n) is 6.62. The van der Waals surface area contributed by atoms with Crippen molar-refractivity contribution >= 4 is 29.9 Å². The molecule has 2 rings (SSSR count). The fourth-order valence-electron chi connectivity index (χ4n) is 2.60. The van der Waals surface area contributed by atoms with E-state index in [2.05, 4.69) is 40.4 Å². The summed E-state index contributed by atoms with van der Waals surface area (Å²) in [5.74, 6) is 2.26. The molecule has 1 heterocycles. The largest absolute Gasteiger partial charge is 0.493 e. The normalized spacial score (nSPS) is 15.5. The Labute approximate surface area is 174 Å². The maximum absolute atomic E-state index is 5.91. The van der Waals surface area contributed by atoms with E-state index in [1.165, 1.54) is 0 Å². The fraction of sp³-hybridized carbons (Fsp3) is 0.632. The zero-order valence-corrected chi connectivity index (χ0v) is 18.5. The summed E-state index contributed by atoms with van der Waals surface area (Å²) in [5.41, 5.74) is 1.14. The Balaban J connectivity index is 0.00000338. The molecule has 0 aromatic heterocycles. The van der Waals surface area contributed by atoms with E-state index in [9.17, 15) is 0 Å². The molecule has 0 amide bonds. The van der Waals surface area contributed by atoms with Crippen LogP contribution in [-0.4, -0.2) is 63.9 Å². The van der Waals surface area contributed by atoms with E-state index >= 15 is 0 Å². The topological polar surface area (TPSA) is 58.1 Å². The van der Waals surface area contributed by atoms with Gasteiger partial charge in [0.05, 0.1) is 19.8 Å². The standard InChI is InChI=1S/C19H32N4O2.HI/c1-16(2)15-25-18-7-5-4-6-17(18)14-22-19(20-3)21-8-9-23-10-12-24-13-11-23;/h4-7,16H,8-15H2,1-3H3,(H2,20,21,22);1H. The number of para-hydroxylation sites is 1. The van der Waals surface area contributed by atoms with Crippen LogP contribution in [0, 0.1) is 5.92 Å². The first kappa shape index (κ1) is 23.0. The smallest absolute Gasteiger partial charge is 0.191 e. The lowest BCUT2D eigenvalue weighted by Crippen LogP contribution is -2.44. The van der Waals surface area contributed by atoms with Gasteiger partial charge in [-0.25, -0.2) is 0 Å². The van der Waals surface area contributed by atoms with Crippen LogP contribution in [0.15, 0.2) is 29.3 Å². The van der Waals surface area contributed by atoms with Gasteiger partial charge in [-0.15, -0.1) is 24.0 Å². The van der Waals surface area contributed by atoms with Gasteiger partial charge < -0.3 is 20.1 Å². The molecule has 148 valence electrons. The van der Waals surface area contributed by atoms with Gasteiger partial charge in [-0.1, -0.05) is 32.0 Å². The molecular formula is C19H33IN4O2. The first-order valence-corrected chi connectivity index (χ1v) is 9.14. The number of hydrogen-bond donors (Lipinski definition) is 2. The zero-order valence-electron chi connectivity index (χ0n) is 16.2. The number of nitrogens with one attached hydrogen (secondary N) is 2. The Bertz CT molecular complexity index is 534. The van der Waals surface area contributed by atoms with Crippen LogP contribution in [0.5, 0.6) is 5.75 Å². The lowest BCUT2D eigenvalue weighted by Gasteiger charge is -2.26. The Kier molecular flexibility index (Phi) is 11.6. The number of morpholine rings is 1. The predicted molar refractivity (Wildman–Crippen MR) is 118 cm³/mol. The molecule has 1 aromatic carbocycles. The van der Waals surface area contributed by atoms with Gasteiger partial charge in [0.1, 0.15) is 5.75 Å². The van der Waals surface area contributed by atoms with Crippen LogP contribution in [0.25, 0.3) is 0 Å². The summed E-state index contributed by atoms with van der Waals surface area (Å²) in [4.78, 5) is 6.70. The van der Waals surface area contributed by atoms with Crippen molar-refractivity contribution in [1.29, 1.82) is 0 Å². The van der Waals surface area contributed by atoms with Crippen molar-refractivity contribution in [3.05, 3.63) is 29.8 Å². The van der Waals surface area contributed by atoms with Crippen molar-refractivity contribution < 1.29 is 9.47 Å². The molecule has 0 spiro atoms. The van der Waals surface area contributed by atoms with E-state index in [-0.39, 0.29) is 24.0 Å². The van der Waals surface area contributed by atoms with Crippen LogP contribution in [0.4, 0.5) is 0 Å². The highest BCUT2D eigenvalue weighted by molar-refractivity contribution is 14.0. The number of ether oxygens (including phenoxy) is 2. The molecule has 1 saturated heterocycles. The molecule has 0 atom stereocenters. The van der Waals surface area contributed by atoms with E-state index in [0.29, 0.717) is 12.5 Å². The number of benzene rings is 1. The summed E-state index contributed by atoms with van der Waals surface area (Å²) in [7, 11) is 1.80. The van der Waals surface area contributed by atoms with Gasteiger partial charge in [-0.05, 0) is 12.0 Å². The van der Waals surface area contributed by atoms with E-state index in [4.69, 9.17) is 9.47 Å². The number of rotatable bonds is 8. The minimum Gasteiger partial charge on any atom is -0.493 e. The van der Waals surface area contributed by atoms with Crippen LogP contribution in [-0.2, 0) is 11.3 Å². The van der Waals surface area contributed by atoms with Crippen molar-refractivity contribution in [2.45, 2.75) is 20.4 Å². The Hall–Kier alpha value is -1.06. The van der Waals surface area contributed by atoms with Crippen LogP contribution in [0.2, 0.25) is 0 Å². The second-order valence-corrected chi connectivity index (χ2v) is 6.62. The molecule has 0 aliphatic carbocycles. The Morgan fingerprint density at radius 3 is 2.65 bits per heavy atom. The maximum atomic E-state index is 5.91. The number of hydrogen-bond acceptors (Lipinski definition) is 4. The average molecular weight is 476 g/mol. The first-order chi connectivity index (χ1) is 12.2. The van der Waals surface area contributed by atoms with Gasteiger partial charge in [0.15, 0.2) is 5.96 Å². The molecule has 26 heavy (non-hydrogen) atoms. The predicted octanol–water partition coefficient (Wildman–Crippen LogP) is 2.34. The number of halogens is 1. The molecular weight excluding hydrogens is 443 g/mol. The first-order valence-electron chi connectivity index (χ1n) is 9.14. The molecule has 0 unspecified atom stereocenters. The minimum absolute atomic E-state index is 0. The summed E-state index contributed by atoms with van der Waals surface area (Å²) in [6.07, 6.45) is 0. The minimum atomic E-state index is 0.